The van der Waals surface area contributed by atoms with Crippen LogP contribution in [0.15, 0.2) is 168 Å². The van der Waals surface area contributed by atoms with E-state index in [0.717, 1.165) is 11.4 Å². The molecule has 0 N–H and O–H groups in total. The molecule has 1 aromatic heterocycles. The minimum atomic E-state index is 1.15. The molecule has 8 aromatic carbocycles. The quantitative estimate of drug-likeness (QED) is 0.176. The lowest BCUT2D eigenvalue weighted by molar-refractivity contribution is 1.24. The van der Waals surface area contributed by atoms with E-state index in [0.29, 0.717) is 0 Å². The van der Waals surface area contributed by atoms with Crippen LogP contribution in [-0.4, -0.2) is 0 Å². The maximum atomic E-state index is 2.48. The highest BCUT2D eigenvalue weighted by molar-refractivity contribution is 7.99. The van der Waals surface area contributed by atoms with E-state index in [2.05, 4.69) is 170 Å². The summed E-state index contributed by atoms with van der Waals surface area (Å²) in [5, 5.41) is 10.2. The van der Waals surface area contributed by atoms with Crippen LogP contribution in [0.4, 0.5) is 17.1 Å². The number of benzene rings is 8. The molecule has 0 amide bonds. The molecule has 0 aliphatic rings. The highest BCUT2D eigenvalue weighted by Crippen LogP contribution is 2.46. The van der Waals surface area contributed by atoms with E-state index in [1.54, 1.807) is 0 Å². The first-order valence-corrected chi connectivity index (χ1v) is 17.2. The third-order valence-corrected chi connectivity index (χ3v) is 11.3. The number of aryl methyl sites for hydroxylation is 1. The lowest BCUT2D eigenvalue weighted by Crippen LogP contribution is -2.11. The van der Waals surface area contributed by atoms with E-state index >= 15 is 0 Å². The van der Waals surface area contributed by atoms with Crippen molar-refractivity contribution in [2.45, 2.75) is 16.7 Å². The maximum Gasteiger partial charge on any atom is 0.0546 e. The van der Waals surface area contributed by atoms with Crippen molar-refractivity contribution in [3.05, 3.63) is 163 Å². The summed E-state index contributed by atoms with van der Waals surface area (Å²) in [5.74, 6) is 0. The molecule has 0 fully saturated rings. The number of thiophene rings is 1. The third-order valence-electron chi connectivity index (χ3n) is 9.01. The molecule has 1 nitrogen and oxygen atoms in total. The Morgan fingerprint density at radius 1 is 0.457 bits per heavy atom. The highest BCUT2D eigenvalue weighted by atomic mass is 32.2. The molecule has 0 atom stereocenters. The Bertz CT molecular complexity index is 2580. The van der Waals surface area contributed by atoms with Crippen LogP contribution in [0.3, 0.4) is 0 Å². The highest BCUT2D eigenvalue weighted by Gasteiger charge is 2.20. The van der Waals surface area contributed by atoms with Gasteiger partial charge in [0.2, 0.25) is 0 Å². The molecule has 0 saturated heterocycles. The molecule has 218 valence electrons. The third kappa shape index (κ3) is 4.55. The first kappa shape index (κ1) is 27.2. The zero-order valence-electron chi connectivity index (χ0n) is 25.3. The molecule has 0 spiro atoms. The summed E-state index contributed by atoms with van der Waals surface area (Å²) in [5.41, 5.74) is 4.75. The van der Waals surface area contributed by atoms with Gasteiger partial charge in [-0.25, -0.2) is 0 Å². The van der Waals surface area contributed by atoms with E-state index in [4.69, 9.17) is 0 Å². The van der Waals surface area contributed by atoms with Crippen molar-refractivity contribution in [2.75, 3.05) is 4.90 Å². The number of fused-ring (bicyclic) bond motifs is 8. The Balaban J connectivity index is 1.35. The average Bonchev–Trinajstić information content (AvgIpc) is 3.48. The van der Waals surface area contributed by atoms with Crippen molar-refractivity contribution in [2.24, 2.45) is 0 Å². The van der Waals surface area contributed by atoms with Gasteiger partial charge >= 0.3 is 0 Å². The summed E-state index contributed by atoms with van der Waals surface area (Å²) in [6.07, 6.45) is 0. The van der Waals surface area contributed by atoms with Crippen molar-refractivity contribution in [3.63, 3.8) is 0 Å². The van der Waals surface area contributed by atoms with Crippen molar-refractivity contribution in [1.29, 1.82) is 0 Å². The molecule has 0 aliphatic carbocycles. The monoisotopic (exact) mass is 623 g/mol. The summed E-state index contributed by atoms with van der Waals surface area (Å²) in [6, 6.07) is 57.9. The normalized spacial score (nSPS) is 11.7. The topological polar surface area (TPSA) is 3.24 Å². The first-order chi connectivity index (χ1) is 22.7. The van der Waals surface area contributed by atoms with Crippen molar-refractivity contribution in [3.8, 4) is 0 Å². The second kappa shape index (κ2) is 11.1. The SMILES string of the molecule is Cc1ccc(N(c2ccc3sc4ccccc4c3c2)c2cc3c4ccccc4ccc3c3ccccc23)cc1Sc1ccccc1. The lowest BCUT2D eigenvalue weighted by Gasteiger charge is -2.28. The Kier molecular flexibility index (Phi) is 6.55. The fourth-order valence-electron chi connectivity index (χ4n) is 6.76. The predicted octanol–water partition coefficient (Wildman–Crippen LogP) is 13.4. The molecule has 1 heterocycles. The number of rotatable bonds is 5. The molecule has 46 heavy (non-hydrogen) atoms. The summed E-state index contributed by atoms with van der Waals surface area (Å²) < 4.78 is 2.63. The van der Waals surface area contributed by atoms with Gasteiger partial charge in [-0.05, 0) is 94.0 Å². The van der Waals surface area contributed by atoms with Crippen LogP contribution in [0.1, 0.15) is 5.56 Å². The second-order valence-electron chi connectivity index (χ2n) is 11.8. The van der Waals surface area contributed by atoms with E-state index in [1.165, 1.54) is 73.5 Å². The van der Waals surface area contributed by atoms with Gasteiger partial charge in [-0.3, -0.25) is 0 Å². The van der Waals surface area contributed by atoms with Gasteiger partial charge < -0.3 is 4.90 Å². The minimum Gasteiger partial charge on any atom is -0.310 e. The van der Waals surface area contributed by atoms with Crippen LogP contribution in [0.5, 0.6) is 0 Å². The molecule has 0 unspecified atom stereocenters. The van der Waals surface area contributed by atoms with Gasteiger partial charge in [-0.2, -0.15) is 0 Å². The second-order valence-corrected chi connectivity index (χ2v) is 14.0. The van der Waals surface area contributed by atoms with Crippen molar-refractivity contribution in [1.82, 2.24) is 0 Å². The number of hydrogen-bond acceptors (Lipinski definition) is 3. The number of hydrogen-bond donors (Lipinski definition) is 0. The van der Waals surface area contributed by atoms with Crippen molar-refractivity contribution < 1.29 is 0 Å². The van der Waals surface area contributed by atoms with E-state index in [-0.39, 0.29) is 0 Å². The molecule has 0 bridgehead atoms. The summed E-state index contributed by atoms with van der Waals surface area (Å²) in [4.78, 5) is 4.97. The lowest BCUT2D eigenvalue weighted by atomic mass is 9.95. The van der Waals surface area contributed by atoms with E-state index < -0.39 is 0 Å². The molecular weight excluding hydrogens is 595 g/mol. The minimum absolute atomic E-state index is 1.15. The fraction of sp³-hybridized carbons (Fsp3) is 0.0233. The van der Waals surface area contributed by atoms with Gasteiger partial charge in [-0.15, -0.1) is 11.3 Å². The van der Waals surface area contributed by atoms with Crippen molar-refractivity contribution >= 4 is 92.7 Å². The molecule has 3 heteroatoms. The smallest absolute Gasteiger partial charge is 0.0546 e. The van der Waals surface area contributed by atoms with Crippen LogP contribution in [-0.2, 0) is 0 Å². The average molecular weight is 624 g/mol. The van der Waals surface area contributed by atoms with Gasteiger partial charge in [0.25, 0.3) is 0 Å². The van der Waals surface area contributed by atoms with Gasteiger partial charge in [0.15, 0.2) is 0 Å². The Morgan fingerprint density at radius 3 is 1.98 bits per heavy atom. The van der Waals surface area contributed by atoms with Gasteiger partial charge in [-0.1, -0.05) is 115 Å². The zero-order valence-corrected chi connectivity index (χ0v) is 26.9. The Labute approximate surface area is 276 Å². The Hall–Kier alpha value is -5.09. The molecule has 0 aliphatic heterocycles. The number of nitrogens with zero attached hydrogens (tertiary/aromatic N) is 1. The van der Waals surface area contributed by atoms with Gasteiger partial charge in [0.05, 0.1) is 5.69 Å². The summed E-state index contributed by atoms with van der Waals surface area (Å²) in [7, 11) is 0. The molecule has 0 saturated carbocycles. The van der Waals surface area contributed by atoms with Gasteiger partial charge in [0.1, 0.15) is 0 Å². The van der Waals surface area contributed by atoms with Crippen LogP contribution in [0.2, 0.25) is 0 Å². The summed E-state index contributed by atoms with van der Waals surface area (Å²) >= 11 is 3.69. The molecule has 0 radical (unpaired) electrons. The largest absolute Gasteiger partial charge is 0.310 e. The fourth-order valence-corrected chi connectivity index (χ4v) is 8.80. The maximum absolute atomic E-state index is 2.48. The van der Waals surface area contributed by atoms with Crippen LogP contribution >= 0.6 is 23.1 Å². The van der Waals surface area contributed by atoms with E-state index in [9.17, 15) is 0 Å². The van der Waals surface area contributed by atoms with Crippen LogP contribution in [0.25, 0.3) is 52.5 Å². The first-order valence-electron chi connectivity index (χ1n) is 15.6. The zero-order chi connectivity index (χ0) is 30.6. The predicted molar refractivity (Wildman–Crippen MR) is 202 cm³/mol. The molecular formula is C43H29NS2. The Morgan fingerprint density at radius 2 is 1.11 bits per heavy atom. The van der Waals surface area contributed by atoms with Gasteiger partial charge in [0, 0.05) is 46.7 Å². The molecule has 9 rings (SSSR count). The van der Waals surface area contributed by atoms with Crippen LogP contribution in [0, 0.1) is 6.92 Å². The van der Waals surface area contributed by atoms with Crippen LogP contribution < -0.4 is 4.90 Å². The molecule has 9 aromatic rings. The standard InChI is InChI=1S/C43H29NS2/c1-28-19-21-31(26-43(28)45-32-12-3-2-4-13-32)44(30-22-24-42-39(25-30)37-17-9-10-18-41(37)46-42)40-27-38-33-14-6-5-11-29(33)20-23-35(38)34-15-7-8-16-36(34)40/h2-27H,1H3. The number of anilines is 3. The summed E-state index contributed by atoms with van der Waals surface area (Å²) in [6.45, 7) is 2.21. The van der Waals surface area contributed by atoms with E-state index in [1.807, 2.05) is 23.1 Å².